The van der Waals surface area contributed by atoms with E-state index in [1.807, 2.05) is 4.90 Å². The van der Waals surface area contributed by atoms with Gasteiger partial charge in [0, 0.05) is 25.4 Å². The molecule has 1 aliphatic rings. The second kappa shape index (κ2) is 9.28. The summed E-state index contributed by atoms with van der Waals surface area (Å²) in [6, 6.07) is 2.14. The predicted molar refractivity (Wildman–Crippen MR) is 96.6 cm³/mol. The van der Waals surface area contributed by atoms with Crippen molar-refractivity contribution in [1.29, 1.82) is 0 Å². The van der Waals surface area contributed by atoms with Gasteiger partial charge in [-0.3, -0.25) is 0 Å². The van der Waals surface area contributed by atoms with Crippen LogP contribution in [0.25, 0.3) is 0 Å². The number of halogens is 4. The van der Waals surface area contributed by atoms with Crippen molar-refractivity contribution in [2.24, 2.45) is 16.6 Å². The lowest BCUT2D eigenvalue weighted by atomic mass is 10.0. The van der Waals surface area contributed by atoms with E-state index in [1.54, 1.807) is 0 Å². The van der Waals surface area contributed by atoms with E-state index < -0.39 is 11.7 Å². The number of pyridine rings is 1. The van der Waals surface area contributed by atoms with Crippen molar-refractivity contribution in [3.63, 3.8) is 0 Å². The van der Waals surface area contributed by atoms with Crippen molar-refractivity contribution in [2.45, 2.75) is 25.9 Å². The first-order chi connectivity index (χ1) is 10.9. The minimum Gasteiger partial charge on any atom is -0.476 e. The van der Waals surface area contributed by atoms with Gasteiger partial charge in [-0.25, -0.2) is 9.98 Å². The van der Waals surface area contributed by atoms with Gasteiger partial charge in [0.05, 0.1) is 12.1 Å². The third kappa shape index (κ3) is 6.33. The highest BCUT2D eigenvalue weighted by Crippen LogP contribution is 2.29. The quantitative estimate of drug-likeness (QED) is 0.326. The topological polar surface area (TPSA) is 63.7 Å². The van der Waals surface area contributed by atoms with Crippen LogP contribution in [-0.2, 0) is 6.18 Å². The summed E-state index contributed by atoms with van der Waals surface area (Å²) in [7, 11) is 0. The van der Waals surface area contributed by atoms with Crippen molar-refractivity contribution in [1.82, 2.24) is 9.88 Å². The Labute approximate surface area is 156 Å². The van der Waals surface area contributed by atoms with Gasteiger partial charge in [-0.05, 0) is 24.8 Å². The van der Waals surface area contributed by atoms with Crippen LogP contribution in [0.5, 0.6) is 5.88 Å². The number of hydrogen-bond acceptors (Lipinski definition) is 3. The fraction of sp³-hybridized carbons (Fsp3) is 0.600. The molecule has 1 unspecified atom stereocenters. The average molecular weight is 458 g/mol. The zero-order valence-electron chi connectivity index (χ0n) is 13.4. The van der Waals surface area contributed by atoms with E-state index >= 15 is 0 Å². The number of piperidine rings is 1. The Morgan fingerprint density at radius 3 is 2.79 bits per heavy atom. The molecular weight excluding hydrogens is 436 g/mol. The van der Waals surface area contributed by atoms with Gasteiger partial charge in [-0.1, -0.05) is 6.92 Å². The first-order valence-electron chi connectivity index (χ1n) is 7.57. The van der Waals surface area contributed by atoms with Crippen LogP contribution in [-0.4, -0.2) is 42.1 Å². The maximum absolute atomic E-state index is 12.4. The molecule has 1 aliphatic heterocycles. The number of guanidine groups is 1. The van der Waals surface area contributed by atoms with Crippen molar-refractivity contribution in [2.75, 3.05) is 26.2 Å². The number of rotatable bonds is 4. The number of nitrogens with zero attached hydrogens (tertiary/aromatic N) is 3. The second-order valence-electron chi connectivity index (χ2n) is 5.66. The molecule has 2 N–H and O–H groups in total. The molecule has 0 radical (unpaired) electrons. The monoisotopic (exact) mass is 458 g/mol. The van der Waals surface area contributed by atoms with Gasteiger partial charge in [0.25, 0.3) is 0 Å². The molecule has 1 atom stereocenters. The molecule has 2 heterocycles. The standard InChI is InChI=1S/C15H21F3N4O.HI/c1-11-3-2-7-22(10-11)14(19)20-6-8-23-13-5-4-12(9-21-13)15(16,17)18;/h4-5,9,11H,2-3,6-8,10H2,1H3,(H2,19,20);1H. The van der Waals surface area contributed by atoms with Gasteiger partial charge in [-0.15, -0.1) is 24.0 Å². The number of likely N-dealkylation sites (tertiary alicyclic amines) is 1. The molecule has 0 aromatic carbocycles. The summed E-state index contributed by atoms with van der Waals surface area (Å²) < 4.78 is 42.5. The van der Waals surface area contributed by atoms with Crippen molar-refractivity contribution < 1.29 is 17.9 Å². The Morgan fingerprint density at radius 2 is 2.21 bits per heavy atom. The molecule has 5 nitrogen and oxygen atoms in total. The first-order valence-corrected chi connectivity index (χ1v) is 7.57. The lowest BCUT2D eigenvalue weighted by Gasteiger charge is -2.31. The molecule has 1 aromatic rings. The predicted octanol–water partition coefficient (Wildman–Crippen LogP) is 3.14. The highest BCUT2D eigenvalue weighted by Gasteiger charge is 2.30. The highest BCUT2D eigenvalue weighted by atomic mass is 127. The van der Waals surface area contributed by atoms with Crippen LogP contribution in [0.15, 0.2) is 23.3 Å². The number of aliphatic imine (C=N–C) groups is 1. The molecule has 0 saturated carbocycles. The third-order valence-corrected chi connectivity index (χ3v) is 3.66. The van der Waals surface area contributed by atoms with Crippen molar-refractivity contribution in [3.8, 4) is 5.88 Å². The Bertz CT molecular complexity index is 537. The van der Waals surface area contributed by atoms with E-state index in [9.17, 15) is 13.2 Å². The summed E-state index contributed by atoms with van der Waals surface area (Å²) in [6.45, 7) is 4.53. The van der Waals surface area contributed by atoms with E-state index in [1.165, 1.54) is 12.5 Å². The van der Waals surface area contributed by atoms with E-state index in [2.05, 4.69) is 16.9 Å². The molecule has 9 heteroatoms. The maximum Gasteiger partial charge on any atom is 0.417 e. The van der Waals surface area contributed by atoms with Gasteiger partial charge < -0.3 is 15.4 Å². The molecule has 0 aliphatic carbocycles. The smallest absolute Gasteiger partial charge is 0.417 e. The summed E-state index contributed by atoms with van der Waals surface area (Å²) >= 11 is 0. The summed E-state index contributed by atoms with van der Waals surface area (Å²) in [5.41, 5.74) is 5.14. The van der Waals surface area contributed by atoms with E-state index in [4.69, 9.17) is 10.5 Å². The molecule has 2 rings (SSSR count). The van der Waals surface area contributed by atoms with E-state index in [0.29, 0.717) is 18.4 Å². The molecule has 1 fully saturated rings. The number of alkyl halides is 3. The molecule has 1 aromatic heterocycles. The molecular formula is C15H22F3IN4O. The highest BCUT2D eigenvalue weighted by molar-refractivity contribution is 14.0. The summed E-state index contributed by atoms with van der Waals surface area (Å²) in [5.74, 6) is 1.23. The van der Waals surface area contributed by atoms with Crippen LogP contribution < -0.4 is 10.5 Å². The van der Waals surface area contributed by atoms with Crippen LogP contribution in [0.1, 0.15) is 25.3 Å². The van der Waals surface area contributed by atoms with Crippen LogP contribution >= 0.6 is 24.0 Å². The Balaban J connectivity index is 0.00000288. The van der Waals surface area contributed by atoms with Crippen LogP contribution in [0.2, 0.25) is 0 Å². The number of ether oxygens (including phenoxy) is 1. The molecule has 0 spiro atoms. The van der Waals surface area contributed by atoms with Gasteiger partial charge >= 0.3 is 6.18 Å². The number of hydrogen-bond donors (Lipinski definition) is 1. The Hall–Kier alpha value is -1.26. The van der Waals surface area contributed by atoms with Crippen molar-refractivity contribution in [3.05, 3.63) is 23.9 Å². The van der Waals surface area contributed by atoms with Gasteiger partial charge in [0.1, 0.15) is 6.61 Å². The van der Waals surface area contributed by atoms with E-state index in [0.717, 1.165) is 31.8 Å². The van der Waals surface area contributed by atoms with Crippen LogP contribution in [0.3, 0.4) is 0 Å². The number of nitrogens with two attached hydrogens (primary N) is 1. The van der Waals surface area contributed by atoms with Crippen LogP contribution in [0.4, 0.5) is 13.2 Å². The van der Waals surface area contributed by atoms with Gasteiger partial charge in [0.2, 0.25) is 5.88 Å². The molecule has 0 bridgehead atoms. The summed E-state index contributed by atoms with van der Waals surface area (Å²) in [6.07, 6.45) is -1.34. The lowest BCUT2D eigenvalue weighted by Crippen LogP contribution is -2.43. The van der Waals surface area contributed by atoms with Gasteiger partial charge in [-0.2, -0.15) is 13.2 Å². The zero-order valence-corrected chi connectivity index (χ0v) is 15.8. The second-order valence-corrected chi connectivity index (χ2v) is 5.66. The zero-order chi connectivity index (χ0) is 16.9. The lowest BCUT2D eigenvalue weighted by molar-refractivity contribution is -0.137. The van der Waals surface area contributed by atoms with E-state index in [-0.39, 0.29) is 36.5 Å². The first kappa shape index (κ1) is 20.8. The summed E-state index contributed by atoms with van der Waals surface area (Å²) in [4.78, 5) is 9.92. The fourth-order valence-corrected chi connectivity index (χ4v) is 2.44. The normalized spacial score (nSPS) is 18.9. The largest absolute Gasteiger partial charge is 0.476 e. The van der Waals surface area contributed by atoms with Crippen LogP contribution in [0, 0.1) is 5.92 Å². The minimum atomic E-state index is -4.39. The minimum absolute atomic E-state index is 0. The maximum atomic E-state index is 12.4. The summed E-state index contributed by atoms with van der Waals surface area (Å²) in [5, 5.41) is 0. The third-order valence-electron chi connectivity index (χ3n) is 3.66. The Kier molecular flexibility index (Phi) is 8.04. The molecule has 0 amide bonds. The van der Waals surface area contributed by atoms with Gasteiger partial charge in [0.15, 0.2) is 5.96 Å². The Morgan fingerprint density at radius 1 is 1.46 bits per heavy atom. The average Bonchev–Trinajstić information content (AvgIpc) is 2.51. The molecule has 1 saturated heterocycles. The SMILES string of the molecule is CC1CCCN(C(N)=NCCOc2ccc(C(F)(F)F)cn2)C1.I. The fourth-order valence-electron chi connectivity index (χ4n) is 2.44. The van der Waals surface area contributed by atoms with Crippen molar-refractivity contribution >= 4 is 29.9 Å². The molecule has 136 valence electrons. The molecule has 24 heavy (non-hydrogen) atoms. The number of aromatic nitrogens is 1.